The molecule has 0 aliphatic rings. The van der Waals surface area contributed by atoms with Crippen molar-refractivity contribution in [1.82, 2.24) is 0 Å². The zero-order valence-corrected chi connectivity index (χ0v) is 15.6. The van der Waals surface area contributed by atoms with Crippen molar-refractivity contribution < 1.29 is 19.1 Å². The van der Waals surface area contributed by atoms with E-state index in [2.05, 4.69) is 0 Å². The lowest BCUT2D eigenvalue weighted by Gasteiger charge is -2.32. The molecule has 4 heteroatoms. The number of benzene rings is 2. The van der Waals surface area contributed by atoms with Crippen LogP contribution in [0.1, 0.15) is 60.7 Å². The maximum atomic E-state index is 12.4. The molecule has 0 amide bonds. The molecule has 0 aromatic heterocycles. The molecular formula is C22H26O4. The van der Waals surface area contributed by atoms with E-state index in [0.29, 0.717) is 30.4 Å². The van der Waals surface area contributed by atoms with E-state index < -0.39 is 5.60 Å². The number of hydrogen-bond donors (Lipinski definition) is 0. The molecule has 0 fully saturated rings. The van der Waals surface area contributed by atoms with Gasteiger partial charge in [0.05, 0.1) is 11.1 Å². The standard InChI is InChI=1S/C22H26O4/c1-4-19(25-20(23)17-12-8-6-9-13-17)16-22(3,5-2)26-21(24)18-14-10-7-11-15-18/h6-15,19H,4-5,16H2,1-3H3. The lowest BCUT2D eigenvalue weighted by Crippen LogP contribution is -2.36. The quantitative estimate of drug-likeness (QED) is 0.623. The van der Waals surface area contributed by atoms with Gasteiger partial charge in [-0.2, -0.15) is 0 Å². The Morgan fingerprint density at radius 1 is 0.885 bits per heavy atom. The van der Waals surface area contributed by atoms with Crippen LogP contribution >= 0.6 is 0 Å². The molecule has 0 radical (unpaired) electrons. The predicted octanol–water partition coefficient (Wildman–Crippen LogP) is 5.04. The molecule has 138 valence electrons. The number of carbonyl (C=O) groups is 2. The molecule has 2 aromatic carbocycles. The summed E-state index contributed by atoms with van der Waals surface area (Å²) >= 11 is 0. The van der Waals surface area contributed by atoms with E-state index >= 15 is 0 Å². The maximum absolute atomic E-state index is 12.4. The van der Waals surface area contributed by atoms with Gasteiger partial charge in [0.1, 0.15) is 11.7 Å². The topological polar surface area (TPSA) is 52.6 Å². The number of ether oxygens (including phenoxy) is 2. The van der Waals surface area contributed by atoms with E-state index in [1.807, 2.05) is 32.9 Å². The highest BCUT2D eigenvalue weighted by molar-refractivity contribution is 5.90. The van der Waals surface area contributed by atoms with Crippen molar-refractivity contribution in [3.8, 4) is 0 Å². The second kappa shape index (κ2) is 9.18. The van der Waals surface area contributed by atoms with Gasteiger partial charge in [0.2, 0.25) is 0 Å². The number of esters is 2. The van der Waals surface area contributed by atoms with Crippen molar-refractivity contribution in [1.29, 1.82) is 0 Å². The van der Waals surface area contributed by atoms with Crippen molar-refractivity contribution in [2.75, 3.05) is 0 Å². The highest BCUT2D eigenvalue weighted by Gasteiger charge is 2.32. The van der Waals surface area contributed by atoms with Gasteiger partial charge in [-0.25, -0.2) is 9.59 Å². The van der Waals surface area contributed by atoms with Crippen LogP contribution in [-0.2, 0) is 9.47 Å². The summed E-state index contributed by atoms with van der Waals surface area (Å²) < 4.78 is 11.4. The van der Waals surface area contributed by atoms with Crippen LogP contribution in [0.15, 0.2) is 60.7 Å². The molecule has 0 saturated heterocycles. The summed E-state index contributed by atoms with van der Waals surface area (Å²) in [5.74, 6) is -0.718. The Labute approximate surface area is 155 Å². The largest absolute Gasteiger partial charge is 0.459 e. The third-order valence-corrected chi connectivity index (χ3v) is 4.49. The molecule has 0 aliphatic carbocycles. The van der Waals surface area contributed by atoms with Gasteiger partial charge >= 0.3 is 11.9 Å². The first-order valence-electron chi connectivity index (χ1n) is 9.02. The van der Waals surface area contributed by atoms with Crippen molar-refractivity contribution in [3.63, 3.8) is 0 Å². The molecule has 0 spiro atoms. The van der Waals surface area contributed by atoms with Crippen molar-refractivity contribution >= 4 is 11.9 Å². The first-order chi connectivity index (χ1) is 12.5. The normalized spacial score (nSPS) is 14.1. The molecule has 0 N–H and O–H groups in total. The van der Waals surface area contributed by atoms with E-state index in [4.69, 9.17) is 9.47 Å². The molecule has 26 heavy (non-hydrogen) atoms. The summed E-state index contributed by atoms with van der Waals surface area (Å²) in [7, 11) is 0. The average Bonchev–Trinajstić information content (AvgIpc) is 2.68. The van der Waals surface area contributed by atoms with E-state index in [1.165, 1.54) is 0 Å². The molecule has 2 atom stereocenters. The number of carbonyl (C=O) groups excluding carboxylic acids is 2. The first kappa shape index (κ1) is 19.7. The Morgan fingerprint density at radius 3 is 1.85 bits per heavy atom. The summed E-state index contributed by atoms with van der Waals surface area (Å²) in [5, 5.41) is 0. The first-order valence-corrected chi connectivity index (χ1v) is 9.02. The highest BCUT2D eigenvalue weighted by Crippen LogP contribution is 2.26. The maximum Gasteiger partial charge on any atom is 0.338 e. The van der Waals surface area contributed by atoms with E-state index in [9.17, 15) is 9.59 Å². The average molecular weight is 354 g/mol. The molecule has 0 aliphatic heterocycles. The molecule has 2 rings (SSSR count). The predicted molar refractivity (Wildman–Crippen MR) is 101 cm³/mol. The minimum absolute atomic E-state index is 0.323. The zero-order valence-electron chi connectivity index (χ0n) is 15.6. The van der Waals surface area contributed by atoms with E-state index in [-0.39, 0.29) is 18.0 Å². The Kier molecular flexibility index (Phi) is 6.96. The van der Waals surface area contributed by atoms with Crippen LogP contribution in [0.5, 0.6) is 0 Å². The van der Waals surface area contributed by atoms with Crippen LogP contribution < -0.4 is 0 Å². The summed E-state index contributed by atoms with van der Waals surface area (Å²) in [5.41, 5.74) is 0.330. The van der Waals surface area contributed by atoms with Crippen LogP contribution in [-0.4, -0.2) is 23.6 Å². The Morgan fingerprint density at radius 2 is 1.38 bits per heavy atom. The van der Waals surface area contributed by atoms with Gasteiger partial charge < -0.3 is 9.47 Å². The molecule has 0 bridgehead atoms. The Hall–Kier alpha value is -2.62. The Balaban J connectivity index is 2.03. The second-order valence-electron chi connectivity index (χ2n) is 6.56. The van der Waals surface area contributed by atoms with Gasteiger partial charge in [-0.1, -0.05) is 50.2 Å². The SMILES string of the molecule is CCC(CC(C)(CC)OC(=O)c1ccccc1)OC(=O)c1ccccc1. The second-order valence-corrected chi connectivity index (χ2v) is 6.56. The van der Waals surface area contributed by atoms with Crippen molar-refractivity contribution in [2.24, 2.45) is 0 Å². The van der Waals surface area contributed by atoms with Gasteiger partial charge in [-0.15, -0.1) is 0 Å². The summed E-state index contributed by atoms with van der Waals surface area (Å²) in [6.07, 6.45) is 1.41. The fourth-order valence-electron chi connectivity index (χ4n) is 2.66. The molecular weight excluding hydrogens is 328 g/mol. The van der Waals surface area contributed by atoms with Crippen LogP contribution in [0.2, 0.25) is 0 Å². The van der Waals surface area contributed by atoms with Gasteiger partial charge in [0.25, 0.3) is 0 Å². The lowest BCUT2D eigenvalue weighted by molar-refractivity contribution is -0.0423. The number of rotatable bonds is 8. The van der Waals surface area contributed by atoms with Crippen LogP contribution in [0, 0.1) is 0 Å². The van der Waals surface area contributed by atoms with Crippen LogP contribution in [0.4, 0.5) is 0 Å². The summed E-state index contributed by atoms with van der Waals surface area (Å²) in [4.78, 5) is 24.7. The summed E-state index contributed by atoms with van der Waals surface area (Å²) in [6, 6.07) is 17.8. The molecule has 2 aromatic rings. The third-order valence-electron chi connectivity index (χ3n) is 4.49. The van der Waals surface area contributed by atoms with E-state index in [1.54, 1.807) is 48.5 Å². The summed E-state index contributed by atoms with van der Waals surface area (Å²) in [6.45, 7) is 5.80. The minimum atomic E-state index is -0.704. The van der Waals surface area contributed by atoms with Crippen LogP contribution in [0.25, 0.3) is 0 Å². The zero-order chi connectivity index (χ0) is 19.0. The van der Waals surface area contributed by atoms with Crippen molar-refractivity contribution in [3.05, 3.63) is 71.8 Å². The van der Waals surface area contributed by atoms with Crippen LogP contribution in [0.3, 0.4) is 0 Å². The number of hydrogen-bond acceptors (Lipinski definition) is 4. The van der Waals surface area contributed by atoms with Gasteiger partial charge in [0.15, 0.2) is 0 Å². The minimum Gasteiger partial charge on any atom is -0.459 e. The van der Waals surface area contributed by atoms with Gasteiger partial charge in [-0.3, -0.25) is 0 Å². The fraction of sp³-hybridized carbons (Fsp3) is 0.364. The lowest BCUT2D eigenvalue weighted by atomic mass is 9.93. The van der Waals surface area contributed by atoms with Gasteiger partial charge in [0, 0.05) is 6.42 Å². The highest BCUT2D eigenvalue weighted by atomic mass is 16.6. The smallest absolute Gasteiger partial charge is 0.338 e. The monoisotopic (exact) mass is 354 g/mol. The van der Waals surface area contributed by atoms with Crippen molar-refractivity contribution in [2.45, 2.75) is 51.7 Å². The molecule has 0 saturated carbocycles. The molecule has 0 heterocycles. The molecule has 4 nitrogen and oxygen atoms in total. The fourth-order valence-corrected chi connectivity index (χ4v) is 2.66. The van der Waals surface area contributed by atoms with E-state index in [0.717, 1.165) is 0 Å². The third kappa shape index (κ3) is 5.45. The Bertz CT molecular complexity index is 711. The van der Waals surface area contributed by atoms with Gasteiger partial charge in [-0.05, 0) is 44.0 Å². The molecule has 2 unspecified atom stereocenters.